The van der Waals surface area contributed by atoms with Crippen molar-refractivity contribution in [3.63, 3.8) is 0 Å². The second-order valence-corrected chi connectivity index (χ2v) is 8.34. The van der Waals surface area contributed by atoms with Gasteiger partial charge in [-0.2, -0.15) is 0 Å². The van der Waals surface area contributed by atoms with E-state index in [0.717, 1.165) is 17.1 Å². The summed E-state index contributed by atoms with van der Waals surface area (Å²) in [7, 11) is 0. The number of rotatable bonds is 3. The molecule has 0 radical (unpaired) electrons. The summed E-state index contributed by atoms with van der Waals surface area (Å²) in [6.07, 6.45) is 0. The molecule has 0 saturated carbocycles. The Morgan fingerprint density at radius 3 is 2.36 bits per heavy atom. The van der Waals surface area contributed by atoms with Gasteiger partial charge < -0.3 is 4.90 Å². The lowest BCUT2D eigenvalue weighted by atomic mass is 9.76. The number of ketones is 1. The van der Waals surface area contributed by atoms with E-state index in [0.29, 0.717) is 5.92 Å². The van der Waals surface area contributed by atoms with Crippen molar-refractivity contribution >= 4 is 23.1 Å². The van der Waals surface area contributed by atoms with Gasteiger partial charge in [-0.1, -0.05) is 79.2 Å². The molecule has 0 bridgehead atoms. The average Bonchev–Trinajstić information content (AvgIpc) is 3.25. The number of para-hydroxylation sites is 1. The van der Waals surface area contributed by atoms with Crippen LogP contribution < -0.4 is 4.90 Å². The molecule has 1 fully saturated rings. The Balaban J connectivity index is 1.61. The minimum absolute atomic E-state index is 0.0654. The Morgan fingerprint density at radius 1 is 0.929 bits per heavy atom. The highest BCUT2D eigenvalue weighted by molar-refractivity contribution is 6.30. The van der Waals surface area contributed by atoms with E-state index in [1.807, 2.05) is 42.5 Å². The Bertz CT molecular complexity index is 1010. The lowest BCUT2D eigenvalue weighted by Gasteiger charge is -2.27. The Labute approximate surface area is 170 Å². The summed E-state index contributed by atoms with van der Waals surface area (Å²) in [5, 5.41) is 0.729. The summed E-state index contributed by atoms with van der Waals surface area (Å²) in [6.45, 7) is 3.05. The Hall–Kier alpha value is -2.58. The molecule has 5 rings (SSSR count). The second-order valence-electron chi connectivity index (χ2n) is 7.90. The van der Waals surface area contributed by atoms with Crippen molar-refractivity contribution in [3.8, 4) is 0 Å². The predicted molar refractivity (Wildman–Crippen MR) is 114 cm³/mol. The third-order valence-electron chi connectivity index (χ3n) is 6.45. The van der Waals surface area contributed by atoms with Crippen LogP contribution in [0.15, 0.2) is 78.9 Å². The van der Waals surface area contributed by atoms with Crippen molar-refractivity contribution in [2.75, 3.05) is 11.4 Å². The minimum Gasteiger partial charge on any atom is -0.366 e. The number of carbonyl (C=O) groups is 1. The van der Waals surface area contributed by atoms with Gasteiger partial charge in [0.1, 0.15) is 0 Å². The zero-order valence-corrected chi connectivity index (χ0v) is 16.5. The molecule has 3 heteroatoms. The van der Waals surface area contributed by atoms with E-state index in [2.05, 4.69) is 48.2 Å². The number of halogens is 1. The molecule has 0 N–H and O–H groups in total. The van der Waals surface area contributed by atoms with Crippen molar-refractivity contribution < 1.29 is 4.79 Å². The zero-order valence-electron chi connectivity index (χ0n) is 15.8. The smallest absolute Gasteiger partial charge is 0.168 e. The topological polar surface area (TPSA) is 20.3 Å². The molecule has 1 saturated heterocycles. The van der Waals surface area contributed by atoms with E-state index in [-0.39, 0.29) is 23.7 Å². The fourth-order valence-electron chi connectivity index (χ4n) is 5.21. The summed E-state index contributed by atoms with van der Waals surface area (Å²) in [6, 6.07) is 26.7. The van der Waals surface area contributed by atoms with Crippen LogP contribution in [0, 0.1) is 5.92 Å². The maximum absolute atomic E-state index is 13.5. The van der Waals surface area contributed by atoms with Gasteiger partial charge >= 0.3 is 0 Å². The number of anilines is 1. The van der Waals surface area contributed by atoms with E-state index in [1.165, 1.54) is 16.8 Å². The maximum atomic E-state index is 13.5. The molecular weight excluding hydrogens is 366 g/mol. The van der Waals surface area contributed by atoms with Gasteiger partial charge in [0.25, 0.3) is 0 Å². The molecule has 0 aromatic heterocycles. The van der Waals surface area contributed by atoms with Crippen LogP contribution in [0.4, 0.5) is 5.69 Å². The molecule has 2 heterocycles. The Morgan fingerprint density at radius 2 is 1.61 bits per heavy atom. The molecule has 28 heavy (non-hydrogen) atoms. The van der Waals surface area contributed by atoms with Gasteiger partial charge in [0.2, 0.25) is 0 Å². The van der Waals surface area contributed by atoms with Gasteiger partial charge in [0.05, 0.1) is 0 Å². The fraction of sp³-hybridized carbons (Fsp3) is 0.240. The molecule has 3 aromatic carbocycles. The quantitative estimate of drug-likeness (QED) is 0.519. The Kier molecular flexibility index (Phi) is 4.25. The van der Waals surface area contributed by atoms with Crippen molar-refractivity contribution in [3.05, 3.63) is 101 Å². The number of Topliss-reactive ketones (excluding diaryl/α,β-unsaturated/α-hetero) is 1. The molecule has 0 amide bonds. The molecule has 0 aliphatic carbocycles. The highest BCUT2D eigenvalue weighted by Gasteiger charge is 2.52. The number of carbonyl (C=O) groups excluding carboxylic acids is 1. The van der Waals surface area contributed by atoms with Crippen molar-refractivity contribution in [1.82, 2.24) is 0 Å². The zero-order chi connectivity index (χ0) is 19.3. The van der Waals surface area contributed by atoms with E-state index in [4.69, 9.17) is 11.6 Å². The number of benzene rings is 3. The van der Waals surface area contributed by atoms with Crippen LogP contribution in [0.1, 0.15) is 40.2 Å². The van der Waals surface area contributed by atoms with Crippen LogP contribution in [0.3, 0.4) is 0 Å². The standard InChI is InChI=1S/C25H22ClNO/c1-16-20-9-5-6-10-22(20)27-15-21(25(28)18-7-3-2-4-8-18)23(24(16)27)17-11-13-19(26)14-12-17/h2-14,16,21,23-24H,15H2,1H3/t16?,21-,23-,24?/m0/s1. The molecular formula is C25H22ClNO. The average molecular weight is 388 g/mol. The van der Waals surface area contributed by atoms with Gasteiger partial charge in [-0.25, -0.2) is 0 Å². The summed E-state index contributed by atoms with van der Waals surface area (Å²) in [5.41, 5.74) is 4.67. The molecule has 140 valence electrons. The molecule has 2 aliphatic heterocycles. The van der Waals surface area contributed by atoms with Crippen LogP contribution in [-0.2, 0) is 0 Å². The third kappa shape index (κ3) is 2.67. The van der Waals surface area contributed by atoms with Crippen LogP contribution in [0.5, 0.6) is 0 Å². The first-order valence-electron chi connectivity index (χ1n) is 9.85. The van der Waals surface area contributed by atoms with Crippen LogP contribution in [0.2, 0.25) is 5.02 Å². The molecule has 2 nitrogen and oxygen atoms in total. The van der Waals surface area contributed by atoms with E-state index in [9.17, 15) is 4.79 Å². The van der Waals surface area contributed by atoms with E-state index < -0.39 is 0 Å². The molecule has 2 unspecified atom stereocenters. The van der Waals surface area contributed by atoms with E-state index >= 15 is 0 Å². The first-order valence-corrected chi connectivity index (χ1v) is 10.2. The lowest BCUT2D eigenvalue weighted by molar-refractivity contribution is 0.0917. The highest BCUT2D eigenvalue weighted by atomic mass is 35.5. The number of hydrogen-bond acceptors (Lipinski definition) is 2. The molecule has 0 spiro atoms. The molecule has 3 aromatic rings. The normalized spacial score (nSPS) is 25.4. The van der Waals surface area contributed by atoms with Crippen molar-refractivity contribution in [2.45, 2.75) is 24.8 Å². The number of nitrogens with zero attached hydrogens (tertiary/aromatic N) is 1. The van der Waals surface area contributed by atoms with E-state index in [1.54, 1.807) is 0 Å². The van der Waals surface area contributed by atoms with Crippen molar-refractivity contribution in [2.24, 2.45) is 5.92 Å². The maximum Gasteiger partial charge on any atom is 0.168 e. The van der Waals surface area contributed by atoms with Crippen molar-refractivity contribution in [1.29, 1.82) is 0 Å². The van der Waals surface area contributed by atoms with Gasteiger partial charge in [0.15, 0.2) is 5.78 Å². The van der Waals surface area contributed by atoms with Crippen LogP contribution >= 0.6 is 11.6 Å². The predicted octanol–water partition coefficient (Wildman–Crippen LogP) is 5.93. The first-order chi connectivity index (χ1) is 13.6. The summed E-state index contributed by atoms with van der Waals surface area (Å²) >= 11 is 6.15. The fourth-order valence-corrected chi connectivity index (χ4v) is 5.34. The molecule has 2 aliphatic rings. The summed E-state index contributed by atoms with van der Waals surface area (Å²) < 4.78 is 0. The highest BCUT2D eigenvalue weighted by Crippen LogP contribution is 2.53. The third-order valence-corrected chi connectivity index (χ3v) is 6.71. The minimum atomic E-state index is -0.0654. The number of hydrogen-bond donors (Lipinski definition) is 0. The van der Waals surface area contributed by atoms with Gasteiger partial charge in [-0.05, 0) is 29.3 Å². The SMILES string of the molecule is CC1c2ccccc2N2C[C@H](C(=O)c3ccccc3)[C@H](c3ccc(Cl)cc3)C12. The second kappa shape index (κ2) is 6.79. The van der Waals surface area contributed by atoms with Gasteiger partial charge in [-0.3, -0.25) is 4.79 Å². The first kappa shape index (κ1) is 17.5. The molecule has 4 atom stereocenters. The lowest BCUT2D eigenvalue weighted by Crippen LogP contribution is -2.30. The van der Waals surface area contributed by atoms with Crippen LogP contribution in [0.25, 0.3) is 0 Å². The largest absolute Gasteiger partial charge is 0.366 e. The van der Waals surface area contributed by atoms with Gasteiger partial charge in [-0.15, -0.1) is 0 Å². The monoisotopic (exact) mass is 387 g/mol. The van der Waals surface area contributed by atoms with Crippen LogP contribution in [-0.4, -0.2) is 18.4 Å². The van der Waals surface area contributed by atoms with Gasteiger partial charge in [0, 0.05) is 46.6 Å². The number of fused-ring (bicyclic) bond motifs is 3. The summed E-state index contributed by atoms with van der Waals surface area (Å²) in [5.74, 6) is 0.696. The summed E-state index contributed by atoms with van der Waals surface area (Å²) in [4.78, 5) is 16.0.